The Morgan fingerprint density at radius 1 is 0.675 bits per heavy atom. The van der Waals surface area contributed by atoms with Crippen molar-refractivity contribution >= 4 is 11.9 Å². The zero-order chi connectivity index (χ0) is 29.5. The topological polar surface area (TPSA) is 127 Å². The van der Waals surface area contributed by atoms with Crippen LogP contribution in [0, 0.1) is 34.5 Å². The van der Waals surface area contributed by atoms with Crippen molar-refractivity contribution < 1.29 is 19.8 Å². The minimum Gasteiger partial charge on any atom is -0.481 e. The second-order valence-electron chi connectivity index (χ2n) is 13.2. The summed E-state index contributed by atoms with van der Waals surface area (Å²) in [6.07, 6.45) is 4.01. The van der Waals surface area contributed by atoms with Crippen LogP contribution >= 0.6 is 0 Å². The fraction of sp³-hybridized carbons (Fsp3) is 0.588. The number of hydrogen-bond donors (Lipinski definition) is 4. The number of aliphatic carboxylic acids is 2. The largest absolute Gasteiger partial charge is 0.481 e. The van der Waals surface area contributed by atoms with Gasteiger partial charge in [0, 0.05) is 0 Å². The van der Waals surface area contributed by atoms with Gasteiger partial charge in [-0.1, -0.05) is 88.4 Å². The molecule has 2 aromatic rings. The van der Waals surface area contributed by atoms with Crippen molar-refractivity contribution in [2.45, 2.75) is 78.1 Å². The first kappa shape index (κ1) is 31.8. The van der Waals surface area contributed by atoms with Crippen molar-refractivity contribution in [3.63, 3.8) is 0 Å². The lowest BCUT2D eigenvalue weighted by Crippen LogP contribution is -2.31. The number of carboxylic acids is 2. The quantitative estimate of drug-likeness (QED) is 0.267. The van der Waals surface area contributed by atoms with Gasteiger partial charge in [0.25, 0.3) is 0 Å². The summed E-state index contributed by atoms with van der Waals surface area (Å²) in [5.41, 5.74) is 14.1. The molecule has 2 aromatic carbocycles. The summed E-state index contributed by atoms with van der Waals surface area (Å²) < 4.78 is 0. The molecule has 2 fully saturated rings. The highest BCUT2D eigenvalue weighted by Crippen LogP contribution is 2.55. The van der Waals surface area contributed by atoms with Crippen molar-refractivity contribution in [3.05, 3.63) is 71.8 Å². The maximum atomic E-state index is 11.2. The Kier molecular flexibility index (Phi) is 11.0. The SMILES string of the molecule is CC(C)C1CC(CN)(CC(=O)O)CC1c1ccccc1.CC(C)[C@@H]1C[C@](CN)(CC(=O)O)C[C@H]1c1ccccc1. The molecule has 0 saturated heterocycles. The average Bonchev–Trinajstić information content (AvgIpc) is 3.50. The van der Waals surface area contributed by atoms with Crippen LogP contribution in [0.3, 0.4) is 0 Å². The number of benzene rings is 2. The van der Waals surface area contributed by atoms with Crippen molar-refractivity contribution in [3.8, 4) is 0 Å². The van der Waals surface area contributed by atoms with Gasteiger partial charge in [0.15, 0.2) is 0 Å². The molecule has 3 unspecified atom stereocenters. The van der Waals surface area contributed by atoms with E-state index >= 15 is 0 Å². The molecule has 6 nitrogen and oxygen atoms in total. The van der Waals surface area contributed by atoms with Gasteiger partial charge in [-0.25, -0.2) is 0 Å². The molecule has 0 aliphatic heterocycles. The molecular formula is C34H50N2O4. The van der Waals surface area contributed by atoms with Crippen molar-refractivity contribution in [2.75, 3.05) is 13.1 Å². The summed E-state index contributed by atoms with van der Waals surface area (Å²) in [6, 6.07) is 20.9. The van der Waals surface area contributed by atoms with E-state index in [1.54, 1.807) is 0 Å². The summed E-state index contributed by atoms with van der Waals surface area (Å²) in [5, 5.41) is 18.4. The highest BCUT2D eigenvalue weighted by atomic mass is 16.4. The first-order chi connectivity index (χ1) is 18.9. The Bertz CT molecular complexity index is 1000. The van der Waals surface area contributed by atoms with E-state index in [1.165, 1.54) is 11.1 Å². The molecular weight excluding hydrogens is 500 g/mol. The second kappa shape index (κ2) is 13.8. The van der Waals surface area contributed by atoms with Gasteiger partial charge < -0.3 is 21.7 Å². The zero-order valence-corrected chi connectivity index (χ0v) is 24.8. The number of carbonyl (C=O) groups is 2. The molecule has 2 saturated carbocycles. The van der Waals surface area contributed by atoms with Gasteiger partial charge >= 0.3 is 11.9 Å². The van der Waals surface area contributed by atoms with Crippen molar-refractivity contribution in [2.24, 2.45) is 46.0 Å². The number of nitrogens with two attached hydrogens (primary N) is 2. The van der Waals surface area contributed by atoms with Gasteiger partial charge in [-0.2, -0.15) is 0 Å². The molecule has 2 aliphatic carbocycles. The number of hydrogen-bond acceptors (Lipinski definition) is 4. The molecule has 40 heavy (non-hydrogen) atoms. The summed E-state index contributed by atoms with van der Waals surface area (Å²) in [5.74, 6) is 1.52. The van der Waals surface area contributed by atoms with E-state index in [2.05, 4.69) is 76.2 Å². The predicted octanol–water partition coefficient (Wildman–Crippen LogP) is 6.51. The standard InChI is InChI=1S/2C17H25NO2/c2*1-12(2)14-8-17(11-18,10-16(19)20)9-15(14)13-6-4-3-5-7-13/h2*3-7,12,14-15H,8-11,18H2,1-2H3,(H,19,20)/t14-,15-,17+;/m0./s1. The van der Waals surface area contributed by atoms with Crippen LogP contribution in [0.4, 0.5) is 0 Å². The minimum absolute atomic E-state index is 0.191. The van der Waals surface area contributed by atoms with E-state index in [9.17, 15) is 19.8 Å². The van der Waals surface area contributed by atoms with Crippen LogP contribution in [0.2, 0.25) is 0 Å². The molecule has 0 radical (unpaired) electrons. The normalized spacial score (nSPS) is 29.8. The second-order valence-corrected chi connectivity index (χ2v) is 13.2. The third-order valence-electron chi connectivity index (χ3n) is 9.76. The fourth-order valence-electron chi connectivity index (χ4n) is 7.63. The van der Waals surface area contributed by atoms with Crippen LogP contribution in [0.25, 0.3) is 0 Å². The van der Waals surface area contributed by atoms with Gasteiger partial charge in [0.05, 0.1) is 12.8 Å². The average molecular weight is 551 g/mol. The van der Waals surface area contributed by atoms with Gasteiger partial charge in [0.2, 0.25) is 0 Å². The Balaban J connectivity index is 0.000000220. The van der Waals surface area contributed by atoms with E-state index in [0.717, 1.165) is 25.7 Å². The molecule has 220 valence electrons. The molecule has 4 rings (SSSR count). The van der Waals surface area contributed by atoms with E-state index < -0.39 is 11.9 Å². The van der Waals surface area contributed by atoms with Crippen molar-refractivity contribution in [1.29, 1.82) is 0 Å². The van der Waals surface area contributed by atoms with Crippen molar-refractivity contribution in [1.82, 2.24) is 0 Å². The lowest BCUT2D eigenvalue weighted by Gasteiger charge is -2.26. The molecule has 6 heteroatoms. The Hall–Kier alpha value is -2.70. The molecule has 6 N–H and O–H groups in total. The van der Waals surface area contributed by atoms with E-state index in [1.807, 2.05) is 12.1 Å². The van der Waals surface area contributed by atoms with Crippen LogP contribution in [0.5, 0.6) is 0 Å². The van der Waals surface area contributed by atoms with Crippen LogP contribution in [-0.4, -0.2) is 35.2 Å². The first-order valence-corrected chi connectivity index (χ1v) is 14.9. The molecule has 0 heterocycles. The Morgan fingerprint density at radius 3 is 1.25 bits per heavy atom. The van der Waals surface area contributed by atoms with Crippen LogP contribution in [0.1, 0.15) is 89.2 Å². The lowest BCUT2D eigenvalue weighted by molar-refractivity contribution is -0.140. The first-order valence-electron chi connectivity index (χ1n) is 14.9. The Labute approximate surface area is 240 Å². The lowest BCUT2D eigenvalue weighted by atomic mass is 9.80. The van der Waals surface area contributed by atoms with Gasteiger partial charge in [-0.15, -0.1) is 0 Å². The van der Waals surface area contributed by atoms with E-state index in [-0.39, 0.29) is 23.7 Å². The minimum atomic E-state index is -0.730. The summed E-state index contributed by atoms with van der Waals surface area (Å²) in [4.78, 5) is 22.4. The predicted molar refractivity (Wildman–Crippen MR) is 161 cm³/mol. The molecule has 0 amide bonds. The zero-order valence-electron chi connectivity index (χ0n) is 24.8. The third kappa shape index (κ3) is 7.73. The van der Waals surface area contributed by atoms with E-state index in [0.29, 0.717) is 48.6 Å². The highest BCUT2D eigenvalue weighted by molar-refractivity contribution is 5.68. The maximum absolute atomic E-state index is 11.2. The number of rotatable bonds is 10. The molecule has 2 aliphatic rings. The third-order valence-corrected chi connectivity index (χ3v) is 9.76. The fourth-order valence-corrected chi connectivity index (χ4v) is 7.63. The van der Waals surface area contributed by atoms with Gasteiger partial charge in [-0.05, 0) is 96.2 Å². The Morgan fingerprint density at radius 2 is 1.00 bits per heavy atom. The molecule has 0 spiro atoms. The maximum Gasteiger partial charge on any atom is 0.303 e. The van der Waals surface area contributed by atoms with Gasteiger partial charge in [-0.3, -0.25) is 9.59 Å². The number of carboxylic acid groups (broad SMARTS) is 2. The molecule has 0 aromatic heterocycles. The van der Waals surface area contributed by atoms with Gasteiger partial charge in [0.1, 0.15) is 0 Å². The monoisotopic (exact) mass is 550 g/mol. The van der Waals surface area contributed by atoms with Crippen LogP contribution in [-0.2, 0) is 9.59 Å². The smallest absolute Gasteiger partial charge is 0.303 e. The highest BCUT2D eigenvalue weighted by Gasteiger charge is 2.48. The summed E-state index contributed by atoms with van der Waals surface area (Å²) >= 11 is 0. The summed E-state index contributed by atoms with van der Waals surface area (Å²) in [6.45, 7) is 9.85. The van der Waals surface area contributed by atoms with Crippen LogP contribution < -0.4 is 11.5 Å². The molecule has 0 bridgehead atoms. The van der Waals surface area contributed by atoms with Crippen LogP contribution in [0.15, 0.2) is 60.7 Å². The van der Waals surface area contributed by atoms with E-state index in [4.69, 9.17) is 11.5 Å². The molecule has 6 atom stereocenters. The summed E-state index contributed by atoms with van der Waals surface area (Å²) in [7, 11) is 0.